The van der Waals surface area contributed by atoms with Crippen molar-refractivity contribution in [3.8, 4) is 0 Å². The van der Waals surface area contributed by atoms with E-state index in [4.69, 9.17) is 22.7 Å². The molecule has 0 amide bonds. The van der Waals surface area contributed by atoms with Crippen LogP contribution in [0.4, 0.5) is 18.9 Å². The molecular formula is C9H9ClF3N3. The van der Waals surface area contributed by atoms with Crippen molar-refractivity contribution in [2.24, 2.45) is 5.73 Å². The smallest absolute Gasteiger partial charge is 0.370 e. The normalized spacial score (nSPS) is 11.3. The molecule has 1 rings (SSSR count). The second-order valence-corrected chi connectivity index (χ2v) is 3.54. The highest BCUT2D eigenvalue weighted by Gasteiger charge is 2.35. The van der Waals surface area contributed by atoms with Gasteiger partial charge in [0.2, 0.25) is 0 Å². The fourth-order valence-electron chi connectivity index (χ4n) is 1.16. The number of alkyl halides is 3. The molecule has 0 aliphatic rings. The van der Waals surface area contributed by atoms with Crippen LogP contribution in [0.5, 0.6) is 0 Å². The lowest BCUT2D eigenvalue weighted by Gasteiger charge is -2.21. The summed E-state index contributed by atoms with van der Waals surface area (Å²) in [6.07, 6.45) is -4.54. The molecule has 0 saturated heterocycles. The van der Waals surface area contributed by atoms with Crippen molar-refractivity contribution in [2.45, 2.75) is 6.18 Å². The number of guanidine groups is 1. The first-order valence-electron chi connectivity index (χ1n) is 4.18. The summed E-state index contributed by atoms with van der Waals surface area (Å²) in [7, 11) is 1.28. The second kappa shape index (κ2) is 4.21. The van der Waals surface area contributed by atoms with Gasteiger partial charge in [0.05, 0.1) is 11.3 Å². The van der Waals surface area contributed by atoms with Gasteiger partial charge in [0.1, 0.15) is 0 Å². The third kappa shape index (κ3) is 2.57. The van der Waals surface area contributed by atoms with Gasteiger partial charge in [0.25, 0.3) is 0 Å². The topological polar surface area (TPSA) is 53.1 Å². The standard InChI is InChI=1S/C9H9ClF3N3/c1-16(8(14)15)7-3-2-5(10)4-6(7)9(11,12)13/h2-4H,1H3,(H3,14,15). The lowest BCUT2D eigenvalue weighted by atomic mass is 10.1. The van der Waals surface area contributed by atoms with Gasteiger partial charge in [0, 0.05) is 12.1 Å². The number of nitrogens with zero attached hydrogens (tertiary/aromatic N) is 1. The Labute approximate surface area is 95.1 Å². The van der Waals surface area contributed by atoms with Crippen LogP contribution < -0.4 is 10.6 Å². The van der Waals surface area contributed by atoms with E-state index in [1.165, 1.54) is 19.2 Å². The van der Waals surface area contributed by atoms with E-state index in [0.29, 0.717) is 0 Å². The van der Waals surface area contributed by atoms with E-state index in [-0.39, 0.29) is 10.7 Å². The van der Waals surface area contributed by atoms with Crippen molar-refractivity contribution in [1.29, 1.82) is 5.41 Å². The first-order valence-corrected chi connectivity index (χ1v) is 4.56. The summed E-state index contributed by atoms with van der Waals surface area (Å²) in [5, 5.41) is 7.08. The Morgan fingerprint density at radius 1 is 1.44 bits per heavy atom. The van der Waals surface area contributed by atoms with Crippen LogP contribution in [0, 0.1) is 5.41 Å². The van der Waals surface area contributed by atoms with Gasteiger partial charge in [-0.15, -0.1) is 0 Å². The minimum absolute atomic E-state index is 0.0203. The Bertz CT molecular complexity index is 417. The molecule has 3 N–H and O–H groups in total. The Balaban J connectivity index is 3.34. The summed E-state index contributed by atoms with van der Waals surface area (Å²) in [5.74, 6) is -0.479. The monoisotopic (exact) mass is 251 g/mol. The molecule has 0 atom stereocenters. The number of anilines is 1. The maximum atomic E-state index is 12.7. The number of benzene rings is 1. The molecule has 0 heterocycles. The van der Waals surface area contributed by atoms with Crippen molar-refractivity contribution < 1.29 is 13.2 Å². The molecule has 7 heteroatoms. The largest absolute Gasteiger partial charge is 0.418 e. The fourth-order valence-corrected chi connectivity index (χ4v) is 1.33. The highest BCUT2D eigenvalue weighted by atomic mass is 35.5. The van der Waals surface area contributed by atoms with E-state index in [1.807, 2.05) is 0 Å². The molecule has 0 aromatic heterocycles. The molecule has 0 saturated carbocycles. The quantitative estimate of drug-likeness (QED) is 0.596. The zero-order valence-corrected chi connectivity index (χ0v) is 9.02. The van der Waals surface area contributed by atoms with Gasteiger partial charge in [-0.3, -0.25) is 5.41 Å². The first-order chi connectivity index (χ1) is 7.23. The van der Waals surface area contributed by atoms with E-state index in [0.717, 1.165) is 11.0 Å². The predicted molar refractivity (Wildman–Crippen MR) is 56.8 cm³/mol. The third-order valence-corrected chi connectivity index (χ3v) is 2.22. The maximum absolute atomic E-state index is 12.7. The second-order valence-electron chi connectivity index (χ2n) is 3.10. The molecule has 0 unspecified atom stereocenters. The molecule has 1 aromatic carbocycles. The molecule has 88 valence electrons. The molecule has 0 bridgehead atoms. The van der Waals surface area contributed by atoms with Crippen LogP contribution in [-0.4, -0.2) is 13.0 Å². The number of hydrogen-bond acceptors (Lipinski definition) is 1. The van der Waals surface area contributed by atoms with Crippen molar-refractivity contribution in [2.75, 3.05) is 11.9 Å². The minimum Gasteiger partial charge on any atom is -0.370 e. The van der Waals surface area contributed by atoms with Gasteiger partial charge in [-0.2, -0.15) is 13.2 Å². The van der Waals surface area contributed by atoms with E-state index in [1.54, 1.807) is 0 Å². The highest BCUT2D eigenvalue weighted by molar-refractivity contribution is 6.30. The molecule has 0 radical (unpaired) electrons. The molecule has 0 aliphatic heterocycles. The average Bonchev–Trinajstić information content (AvgIpc) is 2.15. The molecule has 0 aliphatic carbocycles. The average molecular weight is 252 g/mol. The molecule has 0 spiro atoms. The summed E-state index contributed by atoms with van der Waals surface area (Å²) in [6.45, 7) is 0. The predicted octanol–water partition coefficient (Wildman–Crippen LogP) is 2.69. The molecule has 0 fully saturated rings. The minimum atomic E-state index is -4.54. The van der Waals surface area contributed by atoms with Crippen LogP contribution in [0.15, 0.2) is 18.2 Å². The summed E-state index contributed by atoms with van der Waals surface area (Å²) < 4.78 is 38.0. The van der Waals surface area contributed by atoms with Crippen LogP contribution in [0.1, 0.15) is 5.56 Å². The summed E-state index contributed by atoms with van der Waals surface area (Å²) in [5.41, 5.74) is 4.00. The lowest BCUT2D eigenvalue weighted by Crippen LogP contribution is -2.34. The molecule has 16 heavy (non-hydrogen) atoms. The van der Waals surface area contributed by atoms with Gasteiger partial charge in [0.15, 0.2) is 5.96 Å². The Morgan fingerprint density at radius 3 is 2.44 bits per heavy atom. The number of hydrogen-bond donors (Lipinski definition) is 2. The van der Waals surface area contributed by atoms with Gasteiger partial charge < -0.3 is 10.6 Å². The zero-order chi connectivity index (χ0) is 12.5. The van der Waals surface area contributed by atoms with Crippen LogP contribution in [0.25, 0.3) is 0 Å². The Hall–Kier alpha value is -1.43. The lowest BCUT2D eigenvalue weighted by molar-refractivity contribution is -0.137. The van der Waals surface area contributed by atoms with Crippen molar-refractivity contribution in [3.63, 3.8) is 0 Å². The van der Waals surface area contributed by atoms with Crippen LogP contribution >= 0.6 is 11.6 Å². The van der Waals surface area contributed by atoms with E-state index >= 15 is 0 Å². The first kappa shape index (κ1) is 12.6. The Morgan fingerprint density at radius 2 is 2.00 bits per heavy atom. The van der Waals surface area contributed by atoms with Gasteiger partial charge in [-0.05, 0) is 18.2 Å². The number of halogens is 4. The van der Waals surface area contributed by atoms with Crippen molar-refractivity contribution >= 4 is 23.2 Å². The fraction of sp³-hybridized carbons (Fsp3) is 0.222. The number of nitrogens with one attached hydrogen (secondary N) is 1. The molecule has 3 nitrogen and oxygen atoms in total. The number of nitrogens with two attached hydrogens (primary N) is 1. The third-order valence-electron chi connectivity index (χ3n) is 1.99. The number of rotatable bonds is 1. The zero-order valence-electron chi connectivity index (χ0n) is 8.27. The SMILES string of the molecule is CN(C(=N)N)c1ccc(Cl)cc1C(F)(F)F. The van der Waals surface area contributed by atoms with Gasteiger partial charge in [-0.1, -0.05) is 11.6 Å². The van der Waals surface area contributed by atoms with Gasteiger partial charge >= 0.3 is 6.18 Å². The summed E-state index contributed by atoms with van der Waals surface area (Å²) >= 11 is 5.50. The highest BCUT2D eigenvalue weighted by Crippen LogP contribution is 2.37. The molecular weight excluding hydrogens is 243 g/mol. The Kier molecular flexibility index (Phi) is 3.32. The van der Waals surface area contributed by atoms with E-state index in [2.05, 4.69) is 0 Å². The van der Waals surface area contributed by atoms with Gasteiger partial charge in [-0.25, -0.2) is 0 Å². The van der Waals surface area contributed by atoms with Crippen LogP contribution in [0.3, 0.4) is 0 Å². The van der Waals surface area contributed by atoms with Crippen LogP contribution in [0.2, 0.25) is 5.02 Å². The van der Waals surface area contributed by atoms with Crippen LogP contribution in [-0.2, 0) is 6.18 Å². The summed E-state index contributed by atoms with van der Waals surface area (Å²) in [6, 6.07) is 3.29. The van der Waals surface area contributed by atoms with Crippen molar-refractivity contribution in [3.05, 3.63) is 28.8 Å². The van der Waals surface area contributed by atoms with E-state index < -0.39 is 17.7 Å². The van der Waals surface area contributed by atoms with E-state index in [9.17, 15) is 13.2 Å². The molecule has 1 aromatic rings. The van der Waals surface area contributed by atoms with Crippen molar-refractivity contribution in [1.82, 2.24) is 0 Å². The maximum Gasteiger partial charge on any atom is 0.418 e. The summed E-state index contributed by atoms with van der Waals surface area (Å²) in [4.78, 5) is 0.930.